The number of carbonyl (C=O) groups is 2. The second-order valence-electron chi connectivity index (χ2n) is 7.03. The van der Waals surface area contributed by atoms with E-state index in [-0.39, 0.29) is 11.8 Å². The van der Waals surface area contributed by atoms with Crippen molar-refractivity contribution in [3.63, 3.8) is 0 Å². The van der Waals surface area contributed by atoms with Gasteiger partial charge in [0.25, 0.3) is 5.91 Å². The number of nitrogens with zero attached hydrogens (tertiary/aromatic N) is 1. The van der Waals surface area contributed by atoms with Gasteiger partial charge in [0.05, 0.1) is 0 Å². The van der Waals surface area contributed by atoms with Gasteiger partial charge in [-0.05, 0) is 61.2 Å². The molecule has 0 radical (unpaired) electrons. The lowest BCUT2D eigenvalue weighted by atomic mass is 10.0. The zero-order chi connectivity index (χ0) is 20.8. The van der Waals surface area contributed by atoms with Crippen LogP contribution >= 0.6 is 0 Å². The Morgan fingerprint density at radius 1 is 1.07 bits per heavy atom. The van der Waals surface area contributed by atoms with Crippen molar-refractivity contribution in [2.75, 3.05) is 18.6 Å². The lowest BCUT2D eigenvalue weighted by molar-refractivity contribution is -0.139. The van der Waals surface area contributed by atoms with Gasteiger partial charge in [0.2, 0.25) is 0 Å². The van der Waals surface area contributed by atoms with Gasteiger partial charge in [0.15, 0.2) is 12.7 Å². The van der Waals surface area contributed by atoms with Crippen LogP contribution in [0.4, 0.5) is 5.69 Å². The van der Waals surface area contributed by atoms with E-state index in [9.17, 15) is 9.59 Å². The number of aryl methyl sites for hydroxylation is 1. The van der Waals surface area contributed by atoms with E-state index < -0.39 is 18.7 Å². The minimum atomic E-state index is -1.04. The predicted octanol–water partition coefficient (Wildman–Crippen LogP) is 4.01. The highest BCUT2D eigenvalue weighted by Crippen LogP contribution is 2.29. The fourth-order valence-electron chi connectivity index (χ4n) is 2.77. The van der Waals surface area contributed by atoms with Crippen LogP contribution in [0.25, 0.3) is 0 Å². The van der Waals surface area contributed by atoms with Crippen molar-refractivity contribution in [1.29, 1.82) is 0 Å². The number of benzene rings is 2. The van der Waals surface area contributed by atoms with E-state index in [1.807, 2.05) is 25.1 Å². The first-order chi connectivity index (χ1) is 13.2. The van der Waals surface area contributed by atoms with Gasteiger partial charge in [0.1, 0.15) is 11.5 Å². The summed E-state index contributed by atoms with van der Waals surface area (Å²) in [5.41, 5.74) is 2.80. The summed E-state index contributed by atoms with van der Waals surface area (Å²) in [6, 6.07) is 12.7. The molecule has 0 heterocycles. The third kappa shape index (κ3) is 5.49. The van der Waals surface area contributed by atoms with Crippen LogP contribution in [0.1, 0.15) is 37.8 Å². The van der Waals surface area contributed by atoms with Crippen molar-refractivity contribution < 1.29 is 24.2 Å². The molecule has 1 amide bonds. The number of carbonyl (C=O) groups excluding carboxylic acids is 1. The Bertz CT molecular complexity index is 829. The van der Waals surface area contributed by atoms with E-state index in [0.717, 1.165) is 16.9 Å². The molecule has 6 heteroatoms. The number of rotatable bonds is 8. The molecule has 28 heavy (non-hydrogen) atoms. The molecule has 2 aromatic rings. The van der Waals surface area contributed by atoms with E-state index in [2.05, 4.69) is 13.8 Å². The zero-order valence-electron chi connectivity index (χ0n) is 16.9. The second kappa shape index (κ2) is 9.26. The van der Waals surface area contributed by atoms with E-state index in [1.54, 1.807) is 38.2 Å². The average Bonchev–Trinajstić information content (AvgIpc) is 2.65. The highest BCUT2D eigenvalue weighted by Gasteiger charge is 2.22. The molecular weight excluding hydrogens is 358 g/mol. The Labute approximate surface area is 165 Å². The fraction of sp³-hybridized carbons (Fsp3) is 0.364. The normalized spacial score (nSPS) is 11.8. The van der Waals surface area contributed by atoms with Crippen LogP contribution in [0.2, 0.25) is 0 Å². The van der Waals surface area contributed by atoms with Gasteiger partial charge in [-0.3, -0.25) is 4.79 Å². The van der Waals surface area contributed by atoms with Gasteiger partial charge < -0.3 is 19.5 Å². The van der Waals surface area contributed by atoms with Crippen molar-refractivity contribution in [3.05, 3.63) is 53.6 Å². The van der Waals surface area contributed by atoms with E-state index in [1.165, 1.54) is 4.90 Å². The summed E-state index contributed by atoms with van der Waals surface area (Å²) in [6.07, 6.45) is -0.660. The summed E-state index contributed by atoms with van der Waals surface area (Å²) in [4.78, 5) is 24.9. The lowest BCUT2D eigenvalue weighted by Crippen LogP contribution is -2.38. The smallest absolute Gasteiger partial charge is 0.341 e. The molecule has 0 aliphatic carbocycles. The number of anilines is 1. The van der Waals surface area contributed by atoms with Crippen molar-refractivity contribution in [2.45, 2.75) is 39.7 Å². The molecule has 0 aliphatic heterocycles. The van der Waals surface area contributed by atoms with E-state index >= 15 is 0 Å². The highest BCUT2D eigenvalue weighted by molar-refractivity contribution is 5.96. The van der Waals surface area contributed by atoms with Crippen LogP contribution in [-0.2, 0) is 9.59 Å². The first kappa shape index (κ1) is 21.3. The molecule has 0 spiro atoms. The molecule has 2 rings (SSSR count). The first-order valence-electron chi connectivity index (χ1n) is 9.18. The maximum Gasteiger partial charge on any atom is 0.341 e. The minimum absolute atomic E-state index is 0.185. The molecule has 1 atom stereocenters. The Hall–Kier alpha value is -3.02. The third-order valence-corrected chi connectivity index (χ3v) is 4.36. The SMILES string of the molecule is Cc1ccc(C(C)C)c(OC(C)C(=O)N(C)c2ccc(OCC(=O)O)cc2)c1. The first-order valence-corrected chi connectivity index (χ1v) is 9.18. The predicted molar refractivity (Wildman–Crippen MR) is 108 cm³/mol. The molecule has 0 saturated heterocycles. The molecule has 0 fully saturated rings. The molecule has 150 valence electrons. The number of ether oxygens (including phenoxy) is 2. The van der Waals surface area contributed by atoms with Gasteiger partial charge in [-0.1, -0.05) is 26.0 Å². The van der Waals surface area contributed by atoms with Crippen LogP contribution in [-0.4, -0.2) is 36.7 Å². The van der Waals surface area contributed by atoms with E-state index in [4.69, 9.17) is 14.6 Å². The number of aliphatic carboxylic acids is 1. The average molecular weight is 385 g/mol. The summed E-state index contributed by atoms with van der Waals surface area (Å²) >= 11 is 0. The number of likely N-dealkylation sites (N-methyl/N-ethyl adjacent to an activating group) is 1. The molecule has 1 N–H and O–H groups in total. The van der Waals surface area contributed by atoms with Crippen LogP contribution in [0.15, 0.2) is 42.5 Å². The van der Waals surface area contributed by atoms with Gasteiger partial charge in [-0.15, -0.1) is 0 Å². The zero-order valence-corrected chi connectivity index (χ0v) is 16.9. The number of amides is 1. The molecular formula is C22H27NO5. The Balaban J connectivity index is 2.08. The topological polar surface area (TPSA) is 76.1 Å². The summed E-state index contributed by atoms with van der Waals surface area (Å²) in [7, 11) is 1.68. The van der Waals surface area contributed by atoms with Crippen LogP contribution in [0.3, 0.4) is 0 Å². The fourth-order valence-corrected chi connectivity index (χ4v) is 2.77. The molecule has 6 nitrogen and oxygen atoms in total. The summed E-state index contributed by atoms with van der Waals surface area (Å²) in [5, 5.41) is 8.65. The Morgan fingerprint density at radius 3 is 2.29 bits per heavy atom. The highest BCUT2D eigenvalue weighted by atomic mass is 16.5. The molecule has 2 aromatic carbocycles. The standard InChI is InChI=1S/C22H27NO5/c1-14(2)19-11-6-15(3)12-20(19)28-16(4)22(26)23(5)17-7-9-18(10-8-17)27-13-21(24)25/h6-12,14,16H,13H2,1-5H3,(H,24,25). The number of carboxylic acid groups (broad SMARTS) is 1. The van der Waals surface area contributed by atoms with Crippen molar-refractivity contribution in [1.82, 2.24) is 0 Å². The number of hydrogen-bond donors (Lipinski definition) is 1. The van der Waals surface area contributed by atoms with Gasteiger partial charge >= 0.3 is 5.97 Å². The monoisotopic (exact) mass is 385 g/mol. The number of hydrogen-bond acceptors (Lipinski definition) is 4. The Morgan fingerprint density at radius 2 is 1.71 bits per heavy atom. The maximum absolute atomic E-state index is 12.8. The molecule has 0 aromatic heterocycles. The molecule has 1 unspecified atom stereocenters. The number of carboxylic acids is 1. The van der Waals surface area contributed by atoms with Crippen molar-refractivity contribution in [3.8, 4) is 11.5 Å². The van der Waals surface area contributed by atoms with Gasteiger partial charge in [-0.25, -0.2) is 4.79 Å². The maximum atomic E-state index is 12.8. The largest absolute Gasteiger partial charge is 0.482 e. The van der Waals surface area contributed by atoms with Crippen LogP contribution in [0, 0.1) is 6.92 Å². The molecule has 0 saturated carbocycles. The summed E-state index contributed by atoms with van der Waals surface area (Å²) in [6.45, 7) is 7.49. The summed E-state index contributed by atoms with van der Waals surface area (Å²) in [5.74, 6) is 0.211. The van der Waals surface area contributed by atoms with Crippen molar-refractivity contribution >= 4 is 17.6 Å². The minimum Gasteiger partial charge on any atom is -0.482 e. The quantitative estimate of drug-likeness (QED) is 0.743. The van der Waals surface area contributed by atoms with Gasteiger partial charge in [0, 0.05) is 12.7 Å². The third-order valence-electron chi connectivity index (χ3n) is 4.36. The summed E-state index contributed by atoms with van der Waals surface area (Å²) < 4.78 is 11.1. The molecule has 0 aliphatic rings. The Kier molecular flexibility index (Phi) is 7.04. The molecule has 0 bridgehead atoms. The van der Waals surface area contributed by atoms with Crippen LogP contribution < -0.4 is 14.4 Å². The van der Waals surface area contributed by atoms with Gasteiger partial charge in [-0.2, -0.15) is 0 Å². The van der Waals surface area contributed by atoms with Crippen LogP contribution in [0.5, 0.6) is 11.5 Å². The lowest BCUT2D eigenvalue weighted by Gasteiger charge is -2.24. The van der Waals surface area contributed by atoms with Crippen molar-refractivity contribution in [2.24, 2.45) is 0 Å². The second-order valence-corrected chi connectivity index (χ2v) is 7.03. The van der Waals surface area contributed by atoms with E-state index in [0.29, 0.717) is 11.4 Å².